The summed E-state index contributed by atoms with van der Waals surface area (Å²) in [7, 11) is 0. The minimum absolute atomic E-state index is 0.610. The first-order chi connectivity index (χ1) is 34.7. The van der Waals surface area contributed by atoms with E-state index in [0.717, 1.165) is 33.5 Å². The van der Waals surface area contributed by atoms with Gasteiger partial charge in [-0.15, -0.1) is 0 Å². The lowest BCUT2D eigenvalue weighted by Crippen LogP contribution is -2.26. The molecule has 1 atom stereocenters. The Hall–Kier alpha value is -9.18. The Labute approximate surface area is 405 Å². The van der Waals surface area contributed by atoms with Crippen LogP contribution in [0, 0.1) is 0 Å². The molecule has 0 aliphatic heterocycles. The van der Waals surface area contributed by atoms with Gasteiger partial charge in [-0.2, -0.15) is 0 Å². The lowest BCUT2D eigenvalue weighted by molar-refractivity contribution is 0.794. The summed E-state index contributed by atoms with van der Waals surface area (Å²) in [6.07, 6.45) is 0. The Morgan fingerprint density at radius 2 is 0.714 bits per heavy atom. The summed E-state index contributed by atoms with van der Waals surface area (Å²) in [5.41, 5.74) is 20.6. The van der Waals surface area contributed by atoms with Crippen LogP contribution in [0.4, 0.5) is 0 Å². The first kappa shape index (κ1) is 38.9. The number of para-hydroxylation sites is 1. The monoisotopic (exact) mass is 887 g/mol. The maximum Gasteiger partial charge on any atom is 0.235 e. The quantitative estimate of drug-likeness (QED) is 0.161. The minimum atomic E-state index is -0.610. The van der Waals surface area contributed by atoms with Crippen molar-refractivity contribution in [2.75, 3.05) is 0 Å². The first-order valence-corrected chi connectivity index (χ1v) is 24.2. The molecule has 2 aliphatic rings. The van der Waals surface area contributed by atoms with Gasteiger partial charge in [0.2, 0.25) is 5.95 Å². The molecule has 13 aromatic rings. The lowest BCUT2D eigenvalue weighted by Gasteiger charge is -2.31. The van der Waals surface area contributed by atoms with E-state index in [0.29, 0.717) is 5.95 Å². The summed E-state index contributed by atoms with van der Waals surface area (Å²) in [4.78, 5) is 10.9. The van der Waals surface area contributed by atoms with Crippen molar-refractivity contribution in [3.63, 3.8) is 0 Å². The molecule has 0 saturated heterocycles. The number of aromatic nitrogens is 3. The molecule has 3 heteroatoms. The van der Waals surface area contributed by atoms with Crippen LogP contribution in [0.25, 0.3) is 116 Å². The third-order valence-corrected chi connectivity index (χ3v) is 15.2. The van der Waals surface area contributed by atoms with Crippen molar-refractivity contribution in [3.8, 4) is 73.0 Å². The van der Waals surface area contributed by atoms with Crippen LogP contribution < -0.4 is 0 Å². The van der Waals surface area contributed by atoms with Gasteiger partial charge in [0.1, 0.15) is 0 Å². The number of hydrogen-bond donors (Lipinski definition) is 0. The fourth-order valence-electron chi connectivity index (χ4n) is 12.4. The second-order valence-corrected chi connectivity index (χ2v) is 18.7. The Morgan fingerprint density at radius 1 is 0.271 bits per heavy atom. The number of hydrogen-bond acceptors (Lipinski definition) is 2. The molecule has 0 bridgehead atoms. The molecule has 1 unspecified atom stereocenters. The Morgan fingerprint density at radius 3 is 1.30 bits per heavy atom. The molecule has 15 rings (SSSR count). The van der Waals surface area contributed by atoms with Crippen LogP contribution in [0.1, 0.15) is 22.3 Å². The zero-order valence-corrected chi connectivity index (χ0v) is 38.0. The van der Waals surface area contributed by atoms with E-state index < -0.39 is 5.41 Å². The highest BCUT2D eigenvalue weighted by atomic mass is 15.2. The average Bonchev–Trinajstić information content (AvgIpc) is 4.03. The number of fused-ring (bicyclic) bond motifs is 15. The summed E-state index contributed by atoms with van der Waals surface area (Å²) >= 11 is 0. The van der Waals surface area contributed by atoms with Crippen molar-refractivity contribution < 1.29 is 0 Å². The topological polar surface area (TPSA) is 30.7 Å². The molecule has 0 fully saturated rings. The van der Waals surface area contributed by atoms with Crippen LogP contribution in [-0.2, 0) is 5.41 Å². The van der Waals surface area contributed by atoms with Crippen LogP contribution in [-0.4, -0.2) is 14.5 Å². The second kappa shape index (κ2) is 14.9. The van der Waals surface area contributed by atoms with E-state index in [1.54, 1.807) is 0 Å². The van der Waals surface area contributed by atoms with Crippen molar-refractivity contribution in [2.45, 2.75) is 5.41 Å². The summed E-state index contributed by atoms with van der Waals surface area (Å²) in [6.45, 7) is 0. The molecule has 3 nitrogen and oxygen atoms in total. The highest BCUT2D eigenvalue weighted by Gasteiger charge is 2.52. The predicted molar refractivity (Wildman–Crippen MR) is 289 cm³/mol. The number of nitrogens with zero attached hydrogens (tertiary/aromatic N) is 3. The van der Waals surface area contributed by atoms with Crippen molar-refractivity contribution in [2.24, 2.45) is 0 Å². The molecular formula is C67H41N3. The van der Waals surface area contributed by atoms with Gasteiger partial charge in [-0.25, -0.2) is 9.97 Å². The van der Waals surface area contributed by atoms with E-state index in [1.807, 2.05) is 0 Å². The maximum absolute atomic E-state index is 5.44. The largest absolute Gasteiger partial charge is 0.278 e. The van der Waals surface area contributed by atoms with E-state index in [9.17, 15) is 0 Å². The molecule has 1 spiro atoms. The molecule has 2 heterocycles. The molecular weight excluding hydrogens is 847 g/mol. The standard InChI is InChI=1S/C67H41N3/c1-4-20-42(21-5-1)60-41-61(43-22-6-2-7-23-43)69-66(68-60)70-62-35-19-16-28-49(62)55-39-54-47-27-15-18-34-57(47)67(59(54)40-63(55)70)56-33-17-14-26-46(56)48-37-36-45(38-58(48)67)65-52-31-12-10-29-50(52)64(44-24-8-3-9-25-44)51-30-11-13-32-53(51)65/h1-41H. The van der Waals surface area contributed by atoms with Gasteiger partial charge >= 0.3 is 0 Å². The molecule has 2 aromatic heterocycles. The second-order valence-electron chi connectivity index (χ2n) is 18.7. The fraction of sp³-hybridized carbons (Fsp3) is 0.0149. The zero-order chi connectivity index (χ0) is 45.9. The summed E-state index contributed by atoms with van der Waals surface area (Å²) in [6, 6.07) is 91.2. The fourth-order valence-corrected chi connectivity index (χ4v) is 12.4. The van der Waals surface area contributed by atoms with E-state index in [4.69, 9.17) is 9.97 Å². The third kappa shape index (κ3) is 5.40. The van der Waals surface area contributed by atoms with Gasteiger partial charge in [-0.1, -0.05) is 218 Å². The van der Waals surface area contributed by atoms with Gasteiger partial charge in [0.25, 0.3) is 0 Å². The van der Waals surface area contributed by atoms with Crippen molar-refractivity contribution in [3.05, 3.63) is 271 Å². The SMILES string of the molecule is c1ccc(-c2cc(-c3ccccc3)nc(-n3c4ccccc4c4cc5c(cc43)C3(c4ccccc4-c4ccc(-c6c7ccccc7c(-c7ccccc7)c7ccccc67)cc43)c3ccccc3-5)n2)cc1. The highest BCUT2D eigenvalue weighted by molar-refractivity contribution is 6.21. The Kier molecular flexibility index (Phi) is 8.28. The highest BCUT2D eigenvalue weighted by Crippen LogP contribution is 2.64. The van der Waals surface area contributed by atoms with E-state index in [-0.39, 0.29) is 0 Å². The van der Waals surface area contributed by atoms with Gasteiger partial charge in [0.15, 0.2) is 0 Å². The van der Waals surface area contributed by atoms with Crippen LogP contribution in [0.5, 0.6) is 0 Å². The molecule has 2 aliphatic carbocycles. The van der Waals surface area contributed by atoms with Crippen LogP contribution in [0.2, 0.25) is 0 Å². The molecule has 0 N–H and O–H groups in total. The lowest BCUT2D eigenvalue weighted by atomic mass is 9.70. The summed E-state index contributed by atoms with van der Waals surface area (Å²) in [5, 5.41) is 7.34. The van der Waals surface area contributed by atoms with Gasteiger partial charge in [0, 0.05) is 21.9 Å². The average molecular weight is 888 g/mol. The van der Waals surface area contributed by atoms with Crippen LogP contribution >= 0.6 is 0 Å². The van der Waals surface area contributed by atoms with Crippen LogP contribution in [0.3, 0.4) is 0 Å². The summed E-state index contributed by atoms with van der Waals surface area (Å²) < 4.78 is 2.31. The Balaban J connectivity index is 1.03. The smallest absolute Gasteiger partial charge is 0.235 e. The number of benzene rings is 11. The molecule has 324 valence electrons. The molecule has 0 saturated carbocycles. The van der Waals surface area contributed by atoms with E-state index in [2.05, 4.69) is 253 Å². The van der Waals surface area contributed by atoms with Crippen molar-refractivity contribution in [1.82, 2.24) is 14.5 Å². The summed E-state index contributed by atoms with van der Waals surface area (Å²) in [5.74, 6) is 0.642. The molecule has 0 amide bonds. The molecule has 70 heavy (non-hydrogen) atoms. The van der Waals surface area contributed by atoms with Gasteiger partial charge in [-0.05, 0) is 119 Å². The maximum atomic E-state index is 5.44. The number of rotatable bonds is 5. The normalized spacial score (nSPS) is 14.3. The first-order valence-electron chi connectivity index (χ1n) is 24.2. The predicted octanol–water partition coefficient (Wildman–Crippen LogP) is 16.9. The van der Waals surface area contributed by atoms with E-state index >= 15 is 0 Å². The van der Waals surface area contributed by atoms with Crippen LogP contribution in [0.15, 0.2) is 249 Å². The van der Waals surface area contributed by atoms with Gasteiger partial charge in [-0.3, -0.25) is 4.57 Å². The van der Waals surface area contributed by atoms with Crippen molar-refractivity contribution >= 4 is 43.4 Å². The zero-order valence-electron chi connectivity index (χ0n) is 38.0. The minimum Gasteiger partial charge on any atom is -0.278 e. The molecule has 11 aromatic carbocycles. The third-order valence-electron chi connectivity index (χ3n) is 15.2. The van der Waals surface area contributed by atoms with Crippen molar-refractivity contribution in [1.29, 1.82) is 0 Å². The van der Waals surface area contributed by atoms with Gasteiger partial charge in [0.05, 0.1) is 27.8 Å². The van der Waals surface area contributed by atoms with Gasteiger partial charge < -0.3 is 0 Å². The Bertz CT molecular complexity index is 4170. The molecule has 0 radical (unpaired) electrons. The van der Waals surface area contributed by atoms with E-state index in [1.165, 1.54) is 99.1 Å².